The Kier molecular flexibility index (Phi) is 7.49. The highest BCUT2D eigenvalue weighted by atomic mass is 35.5. The number of rotatable bonds is 8. The Bertz CT molecular complexity index is 1400. The molecule has 3 aromatic heterocycles. The quantitative estimate of drug-likeness (QED) is 0.361. The fourth-order valence-corrected chi connectivity index (χ4v) is 3.97. The Morgan fingerprint density at radius 3 is 2.38 bits per heavy atom. The van der Waals surface area contributed by atoms with Crippen LogP contribution in [-0.2, 0) is 22.7 Å². The van der Waals surface area contributed by atoms with E-state index in [1.165, 1.54) is 9.70 Å². The van der Waals surface area contributed by atoms with Crippen molar-refractivity contribution in [1.82, 2.24) is 30.4 Å². The number of tetrazole rings is 1. The van der Waals surface area contributed by atoms with Gasteiger partial charge in [0.1, 0.15) is 23.8 Å². The Morgan fingerprint density at radius 1 is 1.05 bits per heavy atom. The minimum Gasteiger partial charge on any atom is -0.464 e. The van der Waals surface area contributed by atoms with E-state index in [1.807, 2.05) is 33.8 Å². The van der Waals surface area contributed by atoms with E-state index in [0.717, 1.165) is 0 Å². The molecule has 2 amide bonds. The highest BCUT2D eigenvalue weighted by molar-refractivity contribution is 6.31. The summed E-state index contributed by atoms with van der Waals surface area (Å²) in [6.45, 7) is 8.98. The van der Waals surface area contributed by atoms with Crippen LogP contribution in [0.5, 0.6) is 0 Å². The van der Waals surface area contributed by atoms with Crippen LogP contribution in [0.2, 0.25) is 5.02 Å². The molecule has 0 spiro atoms. The maximum absolute atomic E-state index is 13.8. The highest BCUT2D eigenvalue weighted by Crippen LogP contribution is 2.28. The molecule has 0 saturated heterocycles. The predicted octanol–water partition coefficient (Wildman–Crippen LogP) is 4.48. The van der Waals surface area contributed by atoms with Gasteiger partial charge in [0, 0.05) is 17.1 Å². The SMILES string of the molecule is Cc1ccc(-c2nnn(CC(=O)N(Cc3ccccc3Cl)[C@H](C(=O)NC(C)(C)C)c3ccc(C)o3)n2)o1. The van der Waals surface area contributed by atoms with Crippen LogP contribution in [0.4, 0.5) is 0 Å². The Balaban J connectivity index is 1.70. The van der Waals surface area contributed by atoms with Crippen molar-refractivity contribution in [3.8, 4) is 11.6 Å². The van der Waals surface area contributed by atoms with Gasteiger partial charge in [-0.15, -0.1) is 10.2 Å². The lowest BCUT2D eigenvalue weighted by molar-refractivity contribution is -0.143. The lowest BCUT2D eigenvalue weighted by atomic mass is 10.1. The van der Waals surface area contributed by atoms with E-state index in [0.29, 0.717) is 33.6 Å². The van der Waals surface area contributed by atoms with Gasteiger partial charge in [-0.25, -0.2) is 0 Å². The molecule has 0 unspecified atom stereocenters. The van der Waals surface area contributed by atoms with Gasteiger partial charge in [0.05, 0.1) is 0 Å². The first-order valence-corrected chi connectivity index (χ1v) is 12.1. The number of hydrogen-bond donors (Lipinski definition) is 1. The second kappa shape index (κ2) is 10.6. The molecule has 1 aromatic carbocycles. The van der Waals surface area contributed by atoms with Crippen molar-refractivity contribution < 1.29 is 18.4 Å². The van der Waals surface area contributed by atoms with Gasteiger partial charge >= 0.3 is 0 Å². The summed E-state index contributed by atoms with van der Waals surface area (Å²) in [5, 5.41) is 15.7. The largest absolute Gasteiger partial charge is 0.464 e. The molecule has 37 heavy (non-hydrogen) atoms. The summed E-state index contributed by atoms with van der Waals surface area (Å²) in [6.07, 6.45) is 0. The summed E-state index contributed by atoms with van der Waals surface area (Å²) < 4.78 is 11.4. The smallest absolute Gasteiger partial charge is 0.251 e. The van der Waals surface area contributed by atoms with E-state index in [9.17, 15) is 9.59 Å². The van der Waals surface area contributed by atoms with Gasteiger partial charge in [-0.2, -0.15) is 4.80 Å². The lowest BCUT2D eigenvalue weighted by Crippen LogP contribution is -2.49. The van der Waals surface area contributed by atoms with Gasteiger partial charge in [0.25, 0.3) is 5.91 Å². The second-order valence-corrected chi connectivity index (χ2v) is 10.2. The first-order valence-electron chi connectivity index (χ1n) is 11.8. The van der Waals surface area contributed by atoms with Crippen molar-refractivity contribution >= 4 is 23.4 Å². The second-order valence-electron chi connectivity index (χ2n) is 9.76. The number of carbonyl (C=O) groups is 2. The zero-order valence-corrected chi connectivity index (χ0v) is 22.1. The van der Waals surface area contributed by atoms with E-state index < -0.39 is 17.5 Å². The monoisotopic (exact) mass is 524 g/mol. The molecule has 1 N–H and O–H groups in total. The molecule has 0 bridgehead atoms. The van der Waals surface area contributed by atoms with Crippen molar-refractivity contribution in [3.63, 3.8) is 0 Å². The van der Waals surface area contributed by atoms with Gasteiger partial charge in [-0.3, -0.25) is 9.59 Å². The highest BCUT2D eigenvalue weighted by Gasteiger charge is 2.36. The summed E-state index contributed by atoms with van der Waals surface area (Å²) >= 11 is 6.43. The van der Waals surface area contributed by atoms with E-state index >= 15 is 0 Å². The van der Waals surface area contributed by atoms with Crippen LogP contribution in [0.1, 0.15) is 49.7 Å². The van der Waals surface area contributed by atoms with Gasteiger partial charge in [-0.1, -0.05) is 29.8 Å². The molecular weight excluding hydrogens is 496 g/mol. The van der Waals surface area contributed by atoms with Crippen LogP contribution in [0.15, 0.2) is 57.4 Å². The number of aryl methyl sites for hydroxylation is 2. The average molecular weight is 525 g/mol. The normalized spacial score (nSPS) is 12.4. The van der Waals surface area contributed by atoms with Crippen LogP contribution < -0.4 is 5.32 Å². The Morgan fingerprint density at radius 2 is 1.76 bits per heavy atom. The van der Waals surface area contributed by atoms with Crippen LogP contribution in [0, 0.1) is 13.8 Å². The number of halogens is 1. The zero-order chi connectivity index (χ0) is 26.7. The first-order chi connectivity index (χ1) is 17.5. The molecule has 10 nitrogen and oxygen atoms in total. The summed E-state index contributed by atoms with van der Waals surface area (Å²) in [4.78, 5) is 29.9. The minimum absolute atomic E-state index is 0.0550. The van der Waals surface area contributed by atoms with Crippen molar-refractivity contribution in [3.05, 3.63) is 76.4 Å². The molecule has 0 fully saturated rings. The number of amides is 2. The summed E-state index contributed by atoms with van der Waals surface area (Å²) in [6, 6.07) is 13.1. The number of nitrogens with zero attached hydrogens (tertiary/aromatic N) is 5. The lowest BCUT2D eigenvalue weighted by Gasteiger charge is -2.32. The van der Waals surface area contributed by atoms with Crippen molar-refractivity contribution in [2.75, 3.05) is 0 Å². The number of nitrogens with one attached hydrogen (secondary N) is 1. The third-order valence-corrected chi connectivity index (χ3v) is 5.77. The fourth-order valence-electron chi connectivity index (χ4n) is 3.77. The van der Waals surface area contributed by atoms with E-state index in [4.69, 9.17) is 20.4 Å². The number of carbonyl (C=O) groups excluding carboxylic acids is 2. The molecule has 4 aromatic rings. The molecule has 3 heterocycles. The van der Waals surface area contributed by atoms with E-state index in [2.05, 4.69) is 20.7 Å². The Hall–Kier alpha value is -3.92. The van der Waals surface area contributed by atoms with E-state index in [1.54, 1.807) is 49.4 Å². The van der Waals surface area contributed by atoms with Gasteiger partial charge < -0.3 is 19.1 Å². The predicted molar refractivity (Wildman–Crippen MR) is 136 cm³/mol. The van der Waals surface area contributed by atoms with Crippen LogP contribution in [-0.4, -0.2) is 42.5 Å². The van der Waals surface area contributed by atoms with Gasteiger partial charge in [0.15, 0.2) is 11.8 Å². The molecule has 0 aliphatic carbocycles. The summed E-state index contributed by atoms with van der Waals surface area (Å²) in [5.41, 5.74) is 0.132. The maximum atomic E-state index is 13.8. The molecule has 0 aliphatic rings. The number of benzene rings is 1. The van der Waals surface area contributed by atoms with Gasteiger partial charge in [0.2, 0.25) is 11.7 Å². The van der Waals surface area contributed by atoms with Gasteiger partial charge in [-0.05, 0) is 75.7 Å². The zero-order valence-electron chi connectivity index (χ0n) is 21.4. The van der Waals surface area contributed by atoms with Crippen molar-refractivity contribution in [2.45, 2.75) is 59.3 Å². The number of furan rings is 2. The summed E-state index contributed by atoms with van der Waals surface area (Å²) in [5.74, 6) is 1.53. The van der Waals surface area contributed by atoms with Crippen molar-refractivity contribution in [2.24, 2.45) is 0 Å². The van der Waals surface area contributed by atoms with E-state index in [-0.39, 0.29) is 24.8 Å². The third kappa shape index (κ3) is 6.45. The molecule has 1 atom stereocenters. The number of hydrogen-bond acceptors (Lipinski definition) is 7. The standard InChI is InChI=1S/C26H29ClN6O4/c1-16-10-12-20(36-16)23(25(35)28-26(3,4)5)32(14-18-8-6-7-9-19(18)27)22(34)15-33-30-24(29-31-33)21-13-11-17(2)37-21/h6-13,23H,14-15H2,1-5H3,(H,28,35)/t23-/m0/s1. The molecule has 4 rings (SSSR count). The molecule has 0 radical (unpaired) electrons. The molecule has 0 saturated carbocycles. The average Bonchev–Trinajstić information content (AvgIpc) is 3.55. The van der Waals surface area contributed by atoms with Crippen LogP contribution >= 0.6 is 11.6 Å². The van der Waals surface area contributed by atoms with Crippen LogP contribution in [0.3, 0.4) is 0 Å². The van der Waals surface area contributed by atoms with Crippen molar-refractivity contribution in [1.29, 1.82) is 0 Å². The summed E-state index contributed by atoms with van der Waals surface area (Å²) in [7, 11) is 0. The maximum Gasteiger partial charge on any atom is 0.251 e. The number of aromatic nitrogens is 4. The molecular formula is C26H29ClN6O4. The minimum atomic E-state index is -1.06. The third-order valence-electron chi connectivity index (χ3n) is 5.40. The Labute approximate surface area is 219 Å². The molecule has 194 valence electrons. The first kappa shape index (κ1) is 26.2. The topological polar surface area (TPSA) is 119 Å². The molecule has 0 aliphatic heterocycles. The van der Waals surface area contributed by atoms with Crippen LogP contribution in [0.25, 0.3) is 11.6 Å². The fraction of sp³-hybridized carbons (Fsp3) is 0.346. The molecule has 11 heteroatoms.